The second-order valence-electron chi connectivity index (χ2n) is 5.79. The highest BCUT2D eigenvalue weighted by atomic mass is 16.5. The van der Waals surface area contributed by atoms with E-state index in [2.05, 4.69) is 21.5 Å². The molecule has 116 valence electrons. The van der Waals surface area contributed by atoms with E-state index in [-0.39, 0.29) is 0 Å². The number of fused-ring (bicyclic) bond motifs is 1. The van der Waals surface area contributed by atoms with Gasteiger partial charge in [-0.25, -0.2) is 0 Å². The van der Waals surface area contributed by atoms with E-state index in [1.165, 1.54) is 5.56 Å². The largest absolute Gasteiger partial charge is 0.493 e. The fourth-order valence-electron chi connectivity index (χ4n) is 3.19. The van der Waals surface area contributed by atoms with Crippen LogP contribution < -0.4 is 10.1 Å². The fraction of sp³-hybridized carbons (Fsp3) is 0.500. The van der Waals surface area contributed by atoms with Gasteiger partial charge in [0.2, 0.25) is 5.82 Å². The normalized spacial score (nSPS) is 19.7. The molecule has 2 aromatic rings. The van der Waals surface area contributed by atoms with Gasteiger partial charge in [0.15, 0.2) is 0 Å². The molecule has 4 rings (SSSR count). The second kappa shape index (κ2) is 5.37. The number of nitrogens with one attached hydrogen (secondary N) is 1. The molecule has 0 unspecified atom stereocenters. The van der Waals surface area contributed by atoms with Crippen LogP contribution in [0.15, 0.2) is 22.7 Å². The number of hydrogen-bond donors (Lipinski definition) is 1. The van der Waals surface area contributed by atoms with Crippen LogP contribution >= 0.6 is 0 Å². The molecule has 1 saturated heterocycles. The summed E-state index contributed by atoms with van der Waals surface area (Å²) >= 11 is 0. The smallest absolute Gasteiger partial charge is 0.259 e. The zero-order valence-corrected chi connectivity index (χ0v) is 12.6. The Labute approximate surface area is 128 Å². The molecule has 0 spiro atoms. The van der Waals surface area contributed by atoms with Gasteiger partial charge >= 0.3 is 0 Å². The van der Waals surface area contributed by atoms with E-state index in [1.807, 2.05) is 12.1 Å². The summed E-state index contributed by atoms with van der Waals surface area (Å²) in [7, 11) is 1.71. The van der Waals surface area contributed by atoms with Crippen LogP contribution in [-0.2, 0) is 16.8 Å². The van der Waals surface area contributed by atoms with E-state index < -0.39 is 5.60 Å². The topological polar surface area (TPSA) is 69.4 Å². The van der Waals surface area contributed by atoms with Crippen LogP contribution in [0.4, 0.5) is 0 Å². The van der Waals surface area contributed by atoms with E-state index in [0.717, 1.165) is 50.3 Å². The van der Waals surface area contributed by atoms with Gasteiger partial charge in [0.1, 0.15) is 11.4 Å². The Morgan fingerprint density at radius 1 is 1.27 bits per heavy atom. The molecular formula is C16H19N3O3. The molecule has 0 saturated carbocycles. The summed E-state index contributed by atoms with van der Waals surface area (Å²) in [5.74, 6) is 2.14. The van der Waals surface area contributed by atoms with Crippen molar-refractivity contribution in [2.75, 3.05) is 26.8 Å². The minimum absolute atomic E-state index is 0.462. The molecule has 1 aromatic heterocycles. The first-order valence-corrected chi connectivity index (χ1v) is 7.67. The maximum atomic E-state index is 5.73. The summed E-state index contributed by atoms with van der Waals surface area (Å²) in [6.07, 6.45) is 2.61. The van der Waals surface area contributed by atoms with Crippen molar-refractivity contribution in [2.45, 2.75) is 24.9 Å². The summed E-state index contributed by atoms with van der Waals surface area (Å²) in [4.78, 5) is 4.60. The lowest BCUT2D eigenvalue weighted by molar-refractivity contribution is -0.0622. The van der Waals surface area contributed by atoms with Crippen molar-refractivity contribution in [1.82, 2.24) is 15.5 Å². The van der Waals surface area contributed by atoms with Gasteiger partial charge in [0, 0.05) is 19.1 Å². The van der Waals surface area contributed by atoms with Gasteiger partial charge in [-0.15, -0.1) is 0 Å². The first-order valence-electron chi connectivity index (χ1n) is 7.67. The van der Waals surface area contributed by atoms with Gasteiger partial charge in [0.25, 0.3) is 5.89 Å². The van der Waals surface area contributed by atoms with E-state index in [0.29, 0.717) is 11.7 Å². The van der Waals surface area contributed by atoms with E-state index in [1.54, 1.807) is 7.11 Å². The number of benzene rings is 1. The van der Waals surface area contributed by atoms with Crippen molar-refractivity contribution >= 4 is 0 Å². The lowest BCUT2D eigenvalue weighted by atomic mass is 9.92. The monoisotopic (exact) mass is 301 g/mol. The molecule has 3 heterocycles. The zero-order chi connectivity index (χ0) is 15.0. The average molecular weight is 301 g/mol. The molecule has 22 heavy (non-hydrogen) atoms. The molecule has 0 amide bonds. The number of ether oxygens (including phenoxy) is 2. The third-order valence-electron chi connectivity index (χ3n) is 4.57. The van der Waals surface area contributed by atoms with Crippen LogP contribution in [0, 0.1) is 0 Å². The predicted octanol–water partition coefficient (Wildman–Crippen LogP) is 1.90. The van der Waals surface area contributed by atoms with Crippen LogP contribution in [0.2, 0.25) is 0 Å². The minimum Gasteiger partial charge on any atom is -0.493 e. The van der Waals surface area contributed by atoms with Crippen LogP contribution in [0.3, 0.4) is 0 Å². The van der Waals surface area contributed by atoms with Crippen LogP contribution in [-0.4, -0.2) is 36.9 Å². The predicted molar refractivity (Wildman–Crippen MR) is 79.7 cm³/mol. The lowest BCUT2D eigenvalue weighted by Gasteiger charge is -2.32. The number of methoxy groups -OCH3 is 1. The summed E-state index contributed by atoms with van der Waals surface area (Å²) in [6, 6.07) is 6.03. The quantitative estimate of drug-likeness (QED) is 0.933. The molecular weight excluding hydrogens is 282 g/mol. The van der Waals surface area contributed by atoms with Crippen molar-refractivity contribution in [3.05, 3.63) is 29.7 Å². The molecule has 0 bridgehead atoms. The third kappa shape index (κ3) is 2.19. The van der Waals surface area contributed by atoms with Crippen molar-refractivity contribution in [3.63, 3.8) is 0 Å². The third-order valence-corrected chi connectivity index (χ3v) is 4.57. The number of piperidine rings is 1. The van der Waals surface area contributed by atoms with Gasteiger partial charge in [-0.2, -0.15) is 4.98 Å². The first-order chi connectivity index (χ1) is 10.8. The zero-order valence-electron chi connectivity index (χ0n) is 12.6. The summed E-state index contributed by atoms with van der Waals surface area (Å²) in [6.45, 7) is 2.53. The lowest BCUT2D eigenvalue weighted by Crippen LogP contribution is -2.41. The summed E-state index contributed by atoms with van der Waals surface area (Å²) < 4.78 is 16.8. The molecule has 6 heteroatoms. The van der Waals surface area contributed by atoms with Crippen molar-refractivity contribution in [2.24, 2.45) is 0 Å². The number of aromatic nitrogens is 2. The highest BCUT2D eigenvalue weighted by Gasteiger charge is 2.39. The van der Waals surface area contributed by atoms with Gasteiger partial charge < -0.3 is 19.3 Å². The standard InChI is InChI=1S/C16H19N3O3/c1-20-16(5-7-17-8-6-16)15-18-14(19-22-15)12-2-3-13-11(10-12)4-9-21-13/h2-3,10,17H,4-9H2,1H3. The number of hydrogen-bond acceptors (Lipinski definition) is 6. The number of nitrogens with zero attached hydrogens (tertiary/aromatic N) is 2. The van der Waals surface area contributed by atoms with E-state index >= 15 is 0 Å². The van der Waals surface area contributed by atoms with Crippen molar-refractivity contribution < 1.29 is 14.0 Å². The molecule has 2 aliphatic rings. The fourth-order valence-corrected chi connectivity index (χ4v) is 3.19. The molecule has 0 aliphatic carbocycles. The SMILES string of the molecule is COC1(c2nc(-c3ccc4c(c3)CCO4)no2)CCNCC1. The van der Waals surface area contributed by atoms with Crippen molar-refractivity contribution in [1.29, 1.82) is 0 Å². The Morgan fingerprint density at radius 3 is 2.95 bits per heavy atom. The maximum absolute atomic E-state index is 5.73. The Bertz CT molecular complexity index is 677. The Hall–Kier alpha value is -1.92. The first kappa shape index (κ1) is 13.7. The molecule has 2 aliphatic heterocycles. The van der Waals surface area contributed by atoms with Crippen LogP contribution in [0.5, 0.6) is 5.75 Å². The molecule has 1 N–H and O–H groups in total. The highest BCUT2D eigenvalue weighted by Crippen LogP contribution is 2.35. The Morgan fingerprint density at radius 2 is 2.14 bits per heavy atom. The van der Waals surface area contributed by atoms with Crippen LogP contribution in [0.1, 0.15) is 24.3 Å². The summed E-state index contributed by atoms with van der Waals surface area (Å²) in [5.41, 5.74) is 1.70. The molecule has 1 aromatic carbocycles. The van der Waals surface area contributed by atoms with Gasteiger partial charge in [-0.05, 0) is 49.7 Å². The minimum atomic E-state index is -0.462. The summed E-state index contributed by atoms with van der Waals surface area (Å²) in [5, 5.41) is 7.48. The van der Waals surface area contributed by atoms with Gasteiger partial charge in [0.05, 0.1) is 6.61 Å². The Balaban J connectivity index is 1.66. The average Bonchev–Trinajstić information content (AvgIpc) is 3.24. The van der Waals surface area contributed by atoms with Crippen molar-refractivity contribution in [3.8, 4) is 17.1 Å². The second-order valence-corrected chi connectivity index (χ2v) is 5.79. The van der Waals surface area contributed by atoms with E-state index in [4.69, 9.17) is 14.0 Å². The van der Waals surface area contributed by atoms with Gasteiger partial charge in [-0.1, -0.05) is 5.16 Å². The highest BCUT2D eigenvalue weighted by molar-refractivity contribution is 5.59. The number of rotatable bonds is 3. The molecule has 1 fully saturated rings. The molecule has 0 radical (unpaired) electrons. The van der Waals surface area contributed by atoms with E-state index in [9.17, 15) is 0 Å². The van der Waals surface area contributed by atoms with Crippen LogP contribution in [0.25, 0.3) is 11.4 Å². The molecule has 0 atom stereocenters. The molecule has 6 nitrogen and oxygen atoms in total. The van der Waals surface area contributed by atoms with Gasteiger partial charge in [-0.3, -0.25) is 0 Å². The Kier molecular flexibility index (Phi) is 3.35. The maximum Gasteiger partial charge on any atom is 0.259 e.